The van der Waals surface area contributed by atoms with Crippen molar-refractivity contribution in [1.29, 1.82) is 0 Å². The molecule has 0 radical (unpaired) electrons. The van der Waals surface area contributed by atoms with Crippen LogP contribution in [0.4, 0.5) is 5.95 Å². The molecule has 2 aromatic heterocycles. The summed E-state index contributed by atoms with van der Waals surface area (Å²) in [6.45, 7) is 3.74. The second-order valence-corrected chi connectivity index (χ2v) is 5.00. The third-order valence-electron chi connectivity index (χ3n) is 3.75. The first-order valence-electron chi connectivity index (χ1n) is 6.22. The number of nitrogens with one attached hydrogen (secondary N) is 1. The number of nitrogen functional groups attached to an aromatic ring is 1. The Hall–Kier alpha value is -2.19. The van der Waals surface area contributed by atoms with E-state index in [-0.39, 0.29) is 24.1 Å². The van der Waals surface area contributed by atoms with Gasteiger partial charge in [0.2, 0.25) is 5.95 Å². The molecule has 1 aliphatic rings. The summed E-state index contributed by atoms with van der Waals surface area (Å²) in [7, 11) is 0. The van der Waals surface area contributed by atoms with E-state index in [0.717, 1.165) is 5.57 Å². The van der Waals surface area contributed by atoms with Gasteiger partial charge in [0.15, 0.2) is 11.2 Å². The van der Waals surface area contributed by atoms with Gasteiger partial charge in [-0.05, 0) is 6.42 Å². The minimum absolute atomic E-state index is 0.00560. The van der Waals surface area contributed by atoms with Crippen LogP contribution in [0.3, 0.4) is 0 Å². The lowest BCUT2D eigenvalue weighted by Crippen LogP contribution is -2.25. The number of aliphatic hydroxyl groups is 2. The first-order valence-corrected chi connectivity index (χ1v) is 6.22. The summed E-state index contributed by atoms with van der Waals surface area (Å²) in [4.78, 5) is 22.2. The molecule has 8 nitrogen and oxygen atoms in total. The zero-order valence-corrected chi connectivity index (χ0v) is 10.7. The Morgan fingerprint density at radius 2 is 2.35 bits per heavy atom. The maximum atomic E-state index is 11.8. The number of rotatable bonds is 2. The number of H-pyrrole nitrogens is 1. The van der Waals surface area contributed by atoms with E-state index in [0.29, 0.717) is 12.1 Å². The molecule has 0 bridgehead atoms. The molecule has 1 fully saturated rings. The zero-order valence-electron chi connectivity index (χ0n) is 10.7. The molecule has 1 aliphatic carbocycles. The van der Waals surface area contributed by atoms with Gasteiger partial charge in [-0.25, -0.2) is 4.98 Å². The molecule has 0 spiro atoms. The fourth-order valence-corrected chi connectivity index (χ4v) is 2.83. The van der Waals surface area contributed by atoms with E-state index in [2.05, 4.69) is 21.5 Å². The molecule has 5 N–H and O–H groups in total. The largest absolute Gasteiger partial charge is 0.396 e. The minimum Gasteiger partial charge on any atom is -0.396 e. The van der Waals surface area contributed by atoms with Crippen molar-refractivity contribution in [3.8, 4) is 0 Å². The number of imidazole rings is 1. The van der Waals surface area contributed by atoms with Crippen LogP contribution in [0.1, 0.15) is 12.5 Å². The molecule has 106 valence electrons. The average Bonchev–Trinajstić information content (AvgIpc) is 2.89. The Morgan fingerprint density at radius 3 is 3.05 bits per heavy atom. The summed E-state index contributed by atoms with van der Waals surface area (Å²) in [6.07, 6.45) is 1.19. The summed E-state index contributed by atoms with van der Waals surface area (Å²) in [6, 6.07) is -0.353. The number of aliphatic hydroxyl groups excluding tert-OH is 2. The number of nitrogens with zero attached hydrogens (tertiary/aromatic N) is 3. The highest BCUT2D eigenvalue weighted by molar-refractivity contribution is 5.71. The van der Waals surface area contributed by atoms with E-state index in [1.54, 1.807) is 4.57 Å². The first-order chi connectivity index (χ1) is 9.52. The highest BCUT2D eigenvalue weighted by Crippen LogP contribution is 2.40. The van der Waals surface area contributed by atoms with E-state index in [1.165, 1.54) is 6.33 Å². The molecular formula is C12H15N5O3. The molecular weight excluding hydrogens is 262 g/mol. The normalized spacial score (nSPS) is 26.5. The zero-order chi connectivity index (χ0) is 14.4. The Balaban J connectivity index is 2.19. The van der Waals surface area contributed by atoms with E-state index >= 15 is 0 Å². The summed E-state index contributed by atoms with van der Waals surface area (Å²) in [5.74, 6) is -0.406. The quantitative estimate of drug-likeness (QED) is 0.530. The average molecular weight is 277 g/mol. The van der Waals surface area contributed by atoms with Crippen molar-refractivity contribution >= 4 is 17.1 Å². The van der Waals surface area contributed by atoms with Gasteiger partial charge in [-0.15, -0.1) is 0 Å². The molecule has 2 heterocycles. The lowest BCUT2D eigenvalue weighted by Gasteiger charge is -2.21. The molecule has 0 aromatic carbocycles. The Morgan fingerprint density at radius 1 is 1.60 bits per heavy atom. The standard InChI is InChI=1S/C12H15N5O3/c1-5-2-7(19)6(3-18)9(5)17-4-14-8-10(17)15-12(13)16-11(8)20/h4,6-7,9,18-19H,1-3H2,(H3,13,15,16,20)/t6-,7+,9+/m1/s1. The van der Waals surface area contributed by atoms with Crippen LogP contribution in [0.25, 0.3) is 11.2 Å². The fraction of sp³-hybridized carbons (Fsp3) is 0.417. The van der Waals surface area contributed by atoms with E-state index < -0.39 is 17.6 Å². The first kappa shape index (κ1) is 12.8. The topological polar surface area (TPSA) is 130 Å². The Bertz CT molecular complexity index is 734. The van der Waals surface area contributed by atoms with Crippen molar-refractivity contribution in [2.45, 2.75) is 18.6 Å². The highest BCUT2D eigenvalue weighted by Gasteiger charge is 2.39. The maximum Gasteiger partial charge on any atom is 0.280 e. The Kier molecular flexibility index (Phi) is 2.84. The molecule has 0 saturated heterocycles. The van der Waals surface area contributed by atoms with Gasteiger partial charge in [-0.1, -0.05) is 12.2 Å². The second kappa shape index (κ2) is 4.43. The molecule has 3 atom stereocenters. The molecule has 20 heavy (non-hydrogen) atoms. The third kappa shape index (κ3) is 1.73. The molecule has 1 saturated carbocycles. The second-order valence-electron chi connectivity index (χ2n) is 5.00. The van der Waals surface area contributed by atoms with Gasteiger partial charge in [0.1, 0.15) is 0 Å². The van der Waals surface area contributed by atoms with Crippen LogP contribution in [0.15, 0.2) is 23.3 Å². The number of hydrogen-bond acceptors (Lipinski definition) is 6. The summed E-state index contributed by atoms with van der Waals surface area (Å²) < 4.78 is 1.64. The van der Waals surface area contributed by atoms with Crippen LogP contribution in [-0.2, 0) is 0 Å². The fourth-order valence-electron chi connectivity index (χ4n) is 2.83. The summed E-state index contributed by atoms with van der Waals surface area (Å²) in [5, 5.41) is 19.4. The summed E-state index contributed by atoms with van der Waals surface area (Å²) >= 11 is 0. The predicted molar refractivity (Wildman–Crippen MR) is 71.9 cm³/mol. The van der Waals surface area contributed by atoms with Crippen LogP contribution in [0.2, 0.25) is 0 Å². The number of hydrogen-bond donors (Lipinski definition) is 4. The SMILES string of the molecule is C=C1C[C@H](O)[C@@H](CO)[C@H]1n1cnc2c(=O)[nH]c(N)nc21. The van der Waals surface area contributed by atoms with Crippen molar-refractivity contribution < 1.29 is 10.2 Å². The van der Waals surface area contributed by atoms with Crippen molar-refractivity contribution in [2.24, 2.45) is 5.92 Å². The van der Waals surface area contributed by atoms with Gasteiger partial charge in [0, 0.05) is 5.92 Å². The van der Waals surface area contributed by atoms with Gasteiger partial charge in [-0.2, -0.15) is 4.98 Å². The lowest BCUT2D eigenvalue weighted by molar-refractivity contribution is 0.0749. The van der Waals surface area contributed by atoms with Crippen LogP contribution < -0.4 is 11.3 Å². The smallest absolute Gasteiger partial charge is 0.280 e. The highest BCUT2D eigenvalue weighted by atomic mass is 16.3. The number of nitrogens with two attached hydrogens (primary N) is 1. The Labute approximate surface area is 113 Å². The molecule has 3 rings (SSSR count). The number of aromatic nitrogens is 4. The van der Waals surface area contributed by atoms with Gasteiger partial charge in [0.05, 0.1) is 25.1 Å². The van der Waals surface area contributed by atoms with E-state index in [9.17, 15) is 15.0 Å². The number of aromatic amines is 1. The van der Waals surface area contributed by atoms with Crippen LogP contribution in [0, 0.1) is 5.92 Å². The van der Waals surface area contributed by atoms with E-state index in [1.807, 2.05) is 0 Å². The molecule has 0 aliphatic heterocycles. The number of fused-ring (bicyclic) bond motifs is 1. The predicted octanol–water partition coefficient (Wildman–Crippen LogP) is -0.828. The monoisotopic (exact) mass is 277 g/mol. The minimum atomic E-state index is -0.672. The van der Waals surface area contributed by atoms with Gasteiger partial charge >= 0.3 is 0 Å². The van der Waals surface area contributed by atoms with Crippen molar-refractivity contribution in [3.63, 3.8) is 0 Å². The van der Waals surface area contributed by atoms with Gasteiger partial charge in [-0.3, -0.25) is 9.78 Å². The molecule has 0 amide bonds. The molecule has 2 aromatic rings. The van der Waals surface area contributed by atoms with Crippen molar-refractivity contribution in [1.82, 2.24) is 19.5 Å². The molecule has 8 heteroatoms. The molecule has 0 unspecified atom stereocenters. The van der Waals surface area contributed by atoms with Crippen LogP contribution in [-0.4, -0.2) is 42.4 Å². The van der Waals surface area contributed by atoms with Crippen molar-refractivity contribution in [3.05, 3.63) is 28.8 Å². The van der Waals surface area contributed by atoms with E-state index in [4.69, 9.17) is 5.73 Å². The summed E-state index contributed by atoms with van der Waals surface area (Å²) in [5.41, 5.74) is 6.39. The van der Waals surface area contributed by atoms with Gasteiger partial charge in [0.25, 0.3) is 5.56 Å². The maximum absolute atomic E-state index is 11.8. The van der Waals surface area contributed by atoms with Crippen LogP contribution >= 0.6 is 0 Å². The number of anilines is 1. The van der Waals surface area contributed by atoms with Crippen LogP contribution in [0.5, 0.6) is 0 Å². The third-order valence-corrected chi connectivity index (χ3v) is 3.75. The van der Waals surface area contributed by atoms with Gasteiger partial charge < -0.3 is 20.5 Å². The van der Waals surface area contributed by atoms with Crippen molar-refractivity contribution in [2.75, 3.05) is 12.3 Å². The lowest BCUT2D eigenvalue weighted by atomic mass is 10.0.